The first-order valence-corrected chi connectivity index (χ1v) is 9.47. The van der Waals surface area contributed by atoms with E-state index in [0.717, 1.165) is 10.8 Å². The van der Waals surface area contributed by atoms with Gasteiger partial charge in [0.1, 0.15) is 0 Å². The zero-order chi connectivity index (χ0) is 21.1. The molecule has 0 fully saturated rings. The van der Waals surface area contributed by atoms with Crippen molar-refractivity contribution in [2.45, 2.75) is 19.4 Å². The van der Waals surface area contributed by atoms with Crippen LogP contribution in [0.25, 0.3) is 21.5 Å². The predicted molar refractivity (Wildman–Crippen MR) is 114 cm³/mol. The van der Waals surface area contributed by atoms with Gasteiger partial charge in [0.2, 0.25) is 0 Å². The molecule has 1 aromatic heterocycles. The molecule has 0 aliphatic rings. The van der Waals surface area contributed by atoms with E-state index in [9.17, 15) is 14.4 Å². The van der Waals surface area contributed by atoms with Crippen molar-refractivity contribution in [2.24, 2.45) is 0 Å². The van der Waals surface area contributed by atoms with Crippen LogP contribution in [0, 0.1) is 0 Å². The van der Waals surface area contributed by atoms with E-state index in [-0.39, 0.29) is 12.0 Å². The fourth-order valence-corrected chi connectivity index (χ4v) is 3.25. The van der Waals surface area contributed by atoms with Crippen LogP contribution in [0.5, 0.6) is 0 Å². The summed E-state index contributed by atoms with van der Waals surface area (Å²) in [5, 5.41) is 12.2. The van der Waals surface area contributed by atoms with Gasteiger partial charge >= 0.3 is 5.97 Å². The topological polar surface area (TPSA) is 101 Å². The number of benzene rings is 3. The summed E-state index contributed by atoms with van der Waals surface area (Å²) in [6.45, 7) is 1.51. The fraction of sp³-hybridized carbons (Fsp3) is 0.130. The fourth-order valence-electron chi connectivity index (χ4n) is 3.25. The molecule has 0 saturated carbocycles. The average Bonchev–Trinajstić information content (AvgIpc) is 2.75. The third kappa shape index (κ3) is 4.05. The highest BCUT2D eigenvalue weighted by Gasteiger charge is 2.20. The van der Waals surface area contributed by atoms with Gasteiger partial charge in [-0.3, -0.25) is 14.4 Å². The van der Waals surface area contributed by atoms with E-state index in [1.165, 1.54) is 6.92 Å². The number of anilines is 1. The molecule has 3 aromatic carbocycles. The van der Waals surface area contributed by atoms with Gasteiger partial charge in [-0.2, -0.15) is 5.10 Å². The molecule has 150 valence electrons. The van der Waals surface area contributed by atoms with Crippen molar-refractivity contribution in [1.29, 1.82) is 0 Å². The van der Waals surface area contributed by atoms with Crippen LogP contribution in [-0.2, 0) is 20.7 Å². The molecule has 0 aliphatic heterocycles. The maximum atomic E-state index is 12.4. The molecular weight excluding hydrogens is 382 g/mol. The van der Waals surface area contributed by atoms with Gasteiger partial charge in [-0.05, 0) is 35.9 Å². The van der Waals surface area contributed by atoms with E-state index in [0.29, 0.717) is 22.2 Å². The monoisotopic (exact) mass is 401 g/mol. The van der Waals surface area contributed by atoms with Crippen LogP contribution in [0.2, 0.25) is 0 Å². The molecule has 4 rings (SSSR count). The number of hydrogen-bond donors (Lipinski definition) is 2. The third-order valence-electron chi connectivity index (χ3n) is 4.78. The summed E-state index contributed by atoms with van der Waals surface area (Å²) in [7, 11) is 0. The molecule has 1 atom stereocenters. The number of nitrogens with one attached hydrogen (secondary N) is 2. The van der Waals surface area contributed by atoms with E-state index in [1.807, 2.05) is 36.4 Å². The number of fused-ring (bicyclic) bond motifs is 2. The summed E-state index contributed by atoms with van der Waals surface area (Å²) in [6, 6.07) is 20.3. The minimum Gasteiger partial charge on any atom is -0.452 e. The number of amides is 1. The van der Waals surface area contributed by atoms with E-state index in [4.69, 9.17) is 4.74 Å². The largest absolute Gasteiger partial charge is 0.452 e. The second-order valence-corrected chi connectivity index (χ2v) is 6.91. The Morgan fingerprint density at radius 1 is 1.00 bits per heavy atom. The lowest BCUT2D eigenvalue weighted by atomic mass is 10.1. The first-order valence-electron chi connectivity index (χ1n) is 9.47. The molecule has 0 radical (unpaired) electrons. The number of carbonyl (C=O) groups is 2. The van der Waals surface area contributed by atoms with E-state index < -0.39 is 18.0 Å². The Morgan fingerprint density at radius 2 is 1.70 bits per heavy atom. The Bertz CT molecular complexity index is 1310. The highest BCUT2D eigenvalue weighted by molar-refractivity contribution is 5.97. The summed E-state index contributed by atoms with van der Waals surface area (Å²) in [6.07, 6.45) is -1.15. The number of aromatic nitrogens is 2. The van der Waals surface area contributed by atoms with Gasteiger partial charge in [0, 0.05) is 11.1 Å². The van der Waals surface area contributed by atoms with Crippen LogP contribution in [0.1, 0.15) is 12.6 Å². The zero-order valence-corrected chi connectivity index (χ0v) is 16.2. The van der Waals surface area contributed by atoms with Gasteiger partial charge in [-0.25, -0.2) is 5.10 Å². The van der Waals surface area contributed by atoms with Gasteiger partial charge in [-0.1, -0.05) is 48.5 Å². The molecule has 7 heteroatoms. The van der Waals surface area contributed by atoms with Gasteiger partial charge in [0.25, 0.3) is 11.5 Å². The van der Waals surface area contributed by atoms with Crippen molar-refractivity contribution in [3.05, 3.63) is 82.8 Å². The maximum Gasteiger partial charge on any atom is 0.312 e. The molecule has 0 saturated heterocycles. The highest BCUT2D eigenvalue weighted by atomic mass is 16.5. The first-order chi connectivity index (χ1) is 14.5. The Morgan fingerprint density at radius 3 is 2.50 bits per heavy atom. The Kier molecular flexibility index (Phi) is 5.26. The molecule has 0 aliphatic carbocycles. The molecule has 0 spiro atoms. The SMILES string of the molecule is C[C@@H](OC(=O)Cc1n[nH]c(=O)c2ccccc12)C(=O)Nc1ccc2ccccc2c1. The summed E-state index contributed by atoms with van der Waals surface area (Å²) in [5.41, 5.74) is 0.679. The van der Waals surface area contributed by atoms with Crippen molar-refractivity contribution in [2.75, 3.05) is 5.32 Å². The van der Waals surface area contributed by atoms with Crippen LogP contribution < -0.4 is 10.9 Å². The van der Waals surface area contributed by atoms with Crippen molar-refractivity contribution in [3.8, 4) is 0 Å². The molecule has 7 nitrogen and oxygen atoms in total. The first kappa shape index (κ1) is 19.3. The summed E-state index contributed by atoms with van der Waals surface area (Å²) in [5.74, 6) is -1.04. The normalized spacial score (nSPS) is 11.9. The van der Waals surface area contributed by atoms with E-state index in [2.05, 4.69) is 15.5 Å². The second kappa shape index (κ2) is 8.16. The van der Waals surface area contributed by atoms with Crippen LogP contribution in [0.3, 0.4) is 0 Å². The maximum absolute atomic E-state index is 12.4. The van der Waals surface area contributed by atoms with Crippen molar-refractivity contribution < 1.29 is 14.3 Å². The summed E-state index contributed by atoms with van der Waals surface area (Å²) in [4.78, 5) is 36.6. The average molecular weight is 401 g/mol. The third-order valence-corrected chi connectivity index (χ3v) is 4.78. The Balaban J connectivity index is 1.42. The van der Waals surface area contributed by atoms with E-state index >= 15 is 0 Å². The minimum absolute atomic E-state index is 0.162. The number of esters is 1. The van der Waals surface area contributed by atoms with Crippen LogP contribution in [0.4, 0.5) is 5.69 Å². The number of carbonyl (C=O) groups excluding carboxylic acids is 2. The lowest BCUT2D eigenvalue weighted by Crippen LogP contribution is -2.30. The standard InChI is InChI=1S/C23H19N3O4/c1-14(22(28)24-17-11-10-15-6-2-3-7-16(15)12-17)30-21(27)13-20-18-8-4-5-9-19(18)23(29)26-25-20/h2-12,14H,13H2,1H3,(H,24,28)(H,26,29)/t14-/m1/s1. The number of nitrogens with zero attached hydrogens (tertiary/aromatic N) is 1. The lowest BCUT2D eigenvalue weighted by molar-refractivity contribution is -0.152. The summed E-state index contributed by atoms with van der Waals surface area (Å²) < 4.78 is 5.27. The molecule has 0 unspecified atom stereocenters. The second-order valence-electron chi connectivity index (χ2n) is 6.91. The predicted octanol–water partition coefficient (Wildman–Crippen LogP) is 3.19. The van der Waals surface area contributed by atoms with Crippen LogP contribution in [0.15, 0.2) is 71.5 Å². The lowest BCUT2D eigenvalue weighted by Gasteiger charge is -2.14. The molecule has 1 amide bonds. The Labute approximate surface area is 171 Å². The number of H-pyrrole nitrogens is 1. The minimum atomic E-state index is -0.988. The molecule has 0 bridgehead atoms. The number of aromatic amines is 1. The number of hydrogen-bond acceptors (Lipinski definition) is 5. The highest BCUT2D eigenvalue weighted by Crippen LogP contribution is 2.19. The van der Waals surface area contributed by atoms with Crippen molar-refractivity contribution >= 4 is 39.1 Å². The molecule has 1 heterocycles. The number of ether oxygens (including phenoxy) is 1. The van der Waals surface area contributed by atoms with Crippen molar-refractivity contribution in [3.63, 3.8) is 0 Å². The molecular formula is C23H19N3O4. The molecule has 4 aromatic rings. The Hall–Kier alpha value is -4.00. The number of rotatable bonds is 5. The van der Waals surface area contributed by atoms with Gasteiger partial charge in [0.15, 0.2) is 6.10 Å². The van der Waals surface area contributed by atoms with Gasteiger partial charge in [-0.15, -0.1) is 0 Å². The molecule has 30 heavy (non-hydrogen) atoms. The quantitative estimate of drug-likeness (QED) is 0.500. The smallest absolute Gasteiger partial charge is 0.312 e. The summed E-state index contributed by atoms with van der Waals surface area (Å²) >= 11 is 0. The zero-order valence-electron chi connectivity index (χ0n) is 16.2. The van der Waals surface area contributed by atoms with Crippen molar-refractivity contribution in [1.82, 2.24) is 10.2 Å². The van der Waals surface area contributed by atoms with Crippen LogP contribution >= 0.6 is 0 Å². The van der Waals surface area contributed by atoms with Gasteiger partial charge in [0.05, 0.1) is 17.5 Å². The van der Waals surface area contributed by atoms with E-state index in [1.54, 1.807) is 30.3 Å². The van der Waals surface area contributed by atoms with Gasteiger partial charge < -0.3 is 10.1 Å². The molecule has 2 N–H and O–H groups in total. The van der Waals surface area contributed by atoms with Crippen LogP contribution in [-0.4, -0.2) is 28.2 Å².